The van der Waals surface area contributed by atoms with Crippen LogP contribution in [0, 0.1) is 6.92 Å². The number of carbonyl (C=O) groups is 1. The number of amides is 1. The maximum absolute atomic E-state index is 12.2. The number of oxazole rings is 1. The van der Waals surface area contributed by atoms with Gasteiger partial charge in [0.2, 0.25) is 6.79 Å². The van der Waals surface area contributed by atoms with E-state index in [0.29, 0.717) is 29.5 Å². The third kappa shape index (κ3) is 2.78. The molecule has 1 aliphatic rings. The molecule has 1 aliphatic heterocycles. The average molecular weight is 324 g/mol. The molecule has 1 aromatic heterocycles. The zero-order valence-corrected chi connectivity index (χ0v) is 13.2. The topological polar surface area (TPSA) is 73.6 Å². The Morgan fingerprint density at radius 3 is 2.96 bits per heavy atom. The van der Waals surface area contributed by atoms with E-state index in [-0.39, 0.29) is 12.7 Å². The van der Waals surface area contributed by atoms with E-state index in [9.17, 15) is 4.79 Å². The molecule has 122 valence electrons. The number of ether oxygens (including phenoxy) is 2. The summed E-state index contributed by atoms with van der Waals surface area (Å²) in [6, 6.07) is 11.1. The van der Waals surface area contributed by atoms with Crippen LogP contribution in [-0.2, 0) is 6.42 Å². The Morgan fingerprint density at radius 1 is 1.17 bits per heavy atom. The van der Waals surface area contributed by atoms with Gasteiger partial charge in [0.15, 0.2) is 23.0 Å². The number of nitrogens with one attached hydrogen (secondary N) is 1. The van der Waals surface area contributed by atoms with Crippen molar-refractivity contribution in [2.24, 2.45) is 0 Å². The molecular weight excluding hydrogens is 308 g/mol. The minimum absolute atomic E-state index is 0.133. The normalized spacial score (nSPS) is 12.5. The van der Waals surface area contributed by atoms with Gasteiger partial charge in [-0.2, -0.15) is 0 Å². The molecule has 1 amide bonds. The Bertz CT molecular complexity index is 917. The number of hydrogen-bond acceptors (Lipinski definition) is 5. The summed E-state index contributed by atoms with van der Waals surface area (Å²) in [6.45, 7) is 2.56. The van der Waals surface area contributed by atoms with E-state index >= 15 is 0 Å². The van der Waals surface area contributed by atoms with E-state index in [1.165, 1.54) is 0 Å². The number of nitrogens with zero attached hydrogens (tertiary/aromatic N) is 1. The second kappa shape index (κ2) is 5.88. The summed E-state index contributed by atoms with van der Waals surface area (Å²) in [7, 11) is 0. The van der Waals surface area contributed by atoms with Crippen LogP contribution in [-0.4, -0.2) is 24.2 Å². The molecule has 1 N–H and O–H groups in total. The number of carbonyl (C=O) groups excluding carboxylic acids is 1. The maximum Gasteiger partial charge on any atom is 0.251 e. The lowest BCUT2D eigenvalue weighted by Crippen LogP contribution is -2.25. The molecule has 0 saturated carbocycles. The van der Waals surface area contributed by atoms with Crippen molar-refractivity contribution in [1.29, 1.82) is 0 Å². The van der Waals surface area contributed by atoms with Crippen molar-refractivity contribution in [2.75, 3.05) is 13.3 Å². The molecule has 0 unspecified atom stereocenters. The lowest BCUT2D eigenvalue weighted by Gasteiger charge is -2.06. The van der Waals surface area contributed by atoms with E-state index in [4.69, 9.17) is 13.9 Å². The average Bonchev–Trinajstić information content (AvgIpc) is 3.18. The summed E-state index contributed by atoms with van der Waals surface area (Å²) < 4.78 is 16.0. The monoisotopic (exact) mass is 324 g/mol. The Kier molecular flexibility index (Phi) is 3.57. The van der Waals surface area contributed by atoms with Crippen molar-refractivity contribution in [1.82, 2.24) is 10.3 Å². The lowest BCUT2D eigenvalue weighted by molar-refractivity contribution is 0.0953. The van der Waals surface area contributed by atoms with Crippen LogP contribution in [0.5, 0.6) is 11.5 Å². The lowest BCUT2D eigenvalue weighted by atomic mass is 10.1. The van der Waals surface area contributed by atoms with Crippen molar-refractivity contribution in [2.45, 2.75) is 13.3 Å². The molecule has 2 heterocycles. The van der Waals surface area contributed by atoms with Crippen LogP contribution < -0.4 is 14.8 Å². The molecule has 0 spiro atoms. The Balaban J connectivity index is 1.38. The van der Waals surface area contributed by atoms with Crippen LogP contribution in [0.25, 0.3) is 11.1 Å². The molecule has 4 rings (SSSR count). The second-order valence-electron chi connectivity index (χ2n) is 5.61. The van der Waals surface area contributed by atoms with E-state index in [1.807, 2.05) is 25.1 Å². The van der Waals surface area contributed by atoms with Gasteiger partial charge in [-0.25, -0.2) is 4.98 Å². The first-order valence-electron chi connectivity index (χ1n) is 7.73. The standard InChI is InChI=1S/C18H16N2O4/c1-11-20-14-8-12(2-4-15(14)24-11)6-7-19-18(21)13-3-5-16-17(9-13)23-10-22-16/h2-5,8-9H,6-7,10H2,1H3,(H,19,21). The predicted molar refractivity (Wildman–Crippen MR) is 87.3 cm³/mol. The number of aromatic nitrogens is 1. The fourth-order valence-corrected chi connectivity index (χ4v) is 2.70. The highest BCUT2D eigenvalue weighted by molar-refractivity contribution is 5.94. The first kappa shape index (κ1) is 14.6. The highest BCUT2D eigenvalue weighted by Crippen LogP contribution is 2.32. The molecule has 0 radical (unpaired) electrons. The first-order chi connectivity index (χ1) is 11.7. The summed E-state index contributed by atoms with van der Waals surface area (Å²) in [5, 5.41) is 2.91. The summed E-state index contributed by atoms with van der Waals surface area (Å²) in [5.74, 6) is 1.79. The molecule has 2 aromatic carbocycles. The largest absolute Gasteiger partial charge is 0.454 e. The molecule has 0 bridgehead atoms. The van der Waals surface area contributed by atoms with Gasteiger partial charge in [0.25, 0.3) is 5.91 Å². The third-order valence-corrected chi connectivity index (χ3v) is 3.89. The third-order valence-electron chi connectivity index (χ3n) is 3.89. The van der Waals surface area contributed by atoms with Crippen molar-refractivity contribution in [3.63, 3.8) is 0 Å². The van der Waals surface area contributed by atoms with Gasteiger partial charge in [0.05, 0.1) is 0 Å². The van der Waals surface area contributed by atoms with E-state index in [1.54, 1.807) is 18.2 Å². The van der Waals surface area contributed by atoms with Gasteiger partial charge in [-0.1, -0.05) is 6.07 Å². The molecule has 0 fully saturated rings. The Hall–Kier alpha value is -3.02. The predicted octanol–water partition coefficient (Wildman–Crippen LogP) is 2.84. The highest BCUT2D eigenvalue weighted by atomic mass is 16.7. The van der Waals surface area contributed by atoms with E-state index in [0.717, 1.165) is 23.1 Å². The fraction of sp³-hybridized carbons (Fsp3) is 0.222. The number of rotatable bonds is 4. The Labute approximate surface area is 138 Å². The van der Waals surface area contributed by atoms with Crippen molar-refractivity contribution < 1.29 is 18.7 Å². The van der Waals surface area contributed by atoms with Crippen LogP contribution in [0.3, 0.4) is 0 Å². The van der Waals surface area contributed by atoms with E-state index < -0.39 is 0 Å². The minimum atomic E-state index is -0.133. The molecule has 0 aliphatic carbocycles. The molecule has 6 nitrogen and oxygen atoms in total. The number of hydrogen-bond donors (Lipinski definition) is 1. The van der Waals surface area contributed by atoms with Crippen molar-refractivity contribution >= 4 is 17.0 Å². The van der Waals surface area contributed by atoms with Gasteiger partial charge in [-0.3, -0.25) is 4.79 Å². The minimum Gasteiger partial charge on any atom is -0.454 e. The van der Waals surface area contributed by atoms with Crippen LogP contribution in [0.15, 0.2) is 40.8 Å². The maximum atomic E-state index is 12.2. The zero-order valence-electron chi connectivity index (χ0n) is 13.2. The van der Waals surface area contributed by atoms with Gasteiger partial charge in [-0.05, 0) is 42.3 Å². The molecular formula is C18H16N2O4. The van der Waals surface area contributed by atoms with Crippen LogP contribution in [0.4, 0.5) is 0 Å². The number of fused-ring (bicyclic) bond motifs is 2. The molecule has 6 heteroatoms. The van der Waals surface area contributed by atoms with Crippen molar-refractivity contribution in [3.05, 3.63) is 53.4 Å². The van der Waals surface area contributed by atoms with Crippen LogP contribution >= 0.6 is 0 Å². The van der Waals surface area contributed by atoms with Crippen molar-refractivity contribution in [3.8, 4) is 11.5 Å². The highest BCUT2D eigenvalue weighted by Gasteiger charge is 2.16. The van der Waals surface area contributed by atoms with Gasteiger partial charge in [0, 0.05) is 19.0 Å². The van der Waals surface area contributed by atoms with Crippen LogP contribution in [0.2, 0.25) is 0 Å². The van der Waals surface area contributed by atoms with Gasteiger partial charge >= 0.3 is 0 Å². The molecule has 0 saturated heterocycles. The summed E-state index contributed by atoms with van der Waals surface area (Å²) in [5.41, 5.74) is 3.27. The van der Waals surface area contributed by atoms with Gasteiger partial charge in [0.1, 0.15) is 5.52 Å². The van der Waals surface area contributed by atoms with Gasteiger partial charge < -0.3 is 19.2 Å². The molecule has 3 aromatic rings. The summed E-state index contributed by atoms with van der Waals surface area (Å²) in [4.78, 5) is 16.5. The van der Waals surface area contributed by atoms with Crippen LogP contribution in [0.1, 0.15) is 21.8 Å². The Morgan fingerprint density at radius 2 is 2.04 bits per heavy atom. The second-order valence-corrected chi connectivity index (χ2v) is 5.61. The smallest absolute Gasteiger partial charge is 0.251 e. The summed E-state index contributed by atoms with van der Waals surface area (Å²) in [6.07, 6.45) is 0.720. The fourth-order valence-electron chi connectivity index (χ4n) is 2.70. The number of aryl methyl sites for hydroxylation is 1. The summed E-state index contributed by atoms with van der Waals surface area (Å²) >= 11 is 0. The van der Waals surface area contributed by atoms with E-state index in [2.05, 4.69) is 10.3 Å². The molecule has 24 heavy (non-hydrogen) atoms. The SMILES string of the molecule is Cc1nc2cc(CCNC(=O)c3ccc4c(c3)OCO4)ccc2o1. The molecule has 0 atom stereocenters. The first-order valence-corrected chi connectivity index (χ1v) is 7.73. The quantitative estimate of drug-likeness (QED) is 0.799. The zero-order chi connectivity index (χ0) is 16.5. The van der Waals surface area contributed by atoms with Gasteiger partial charge in [-0.15, -0.1) is 0 Å². The number of benzene rings is 2.